The maximum Gasteiger partial charge on any atom is 0.337 e. The number of nitrogens with one attached hydrogen (secondary N) is 1. The number of ether oxygens (including phenoxy) is 2. The summed E-state index contributed by atoms with van der Waals surface area (Å²) >= 11 is 6.03. The van der Waals surface area contributed by atoms with Crippen LogP contribution in [0.4, 0.5) is 5.69 Å². The molecule has 0 aromatic heterocycles. The molecular weight excluding hydrogens is 414 g/mol. The molecule has 0 spiro atoms. The highest BCUT2D eigenvalue weighted by Gasteiger charge is 2.20. The molecule has 0 radical (unpaired) electrons. The quantitative estimate of drug-likeness (QED) is 0.557. The zero-order valence-corrected chi connectivity index (χ0v) is 17.0. The van der Waals surface area contributed by atoms with Crippen LogP contribution in [0.2, 0.25) is 5.02 Å². The van der Waals surface area contributed by atoms with Gasteiger partial charge in [-0.15, -0.1) is 0 Å². The van der Waals surface area contributed by atoms with Gasteiger partial charge in [0.25, 0.3) is 10.0 Å². The Labute approximate surface area is 174 Å². The maximum atomic E-state index is 12.7. The largest absolute Gasteiger partial charge is 0.489 e. The van der Waals surface area contributed by atoms with E-state index in [9.17, 15) is 13.2 Å². The van der Waals surface area contributed by atoms with Gasteiger partial charge in [-0.25, -0.2) is 13.2 Å². The van der Waals surface area contributed by atoms with Crippen molar-refractivity contribution in [3.05, 3.63) is 88.9 Å². The zero-order valence-electron chi connectivity index (χ0n) is 15.5. The molecule has 1 N–H and O–H groups in total. The summed E-state index contributed by atoms with van der Waals surface area (Å²) in [5, 5.41) is -0.00651. The Morgan fingerprint density at radius 2 is 1.69 bits per heavy atom. The van der Waals surface area contributed by atoms with E-state index in [0.717, 1.165) is 5.56 Å². The van der Waals surface area contributed by atoms with Gasteiger partial charge in [0, 0.05) is 5.69 Å². The van der Waals surface area contributed by atoms with Crippen molar-refractivity contribution < 1.29 is 22.7 Å². The third-order valence-electron chi connectivity index (χ3n) is 4.00. The molecule has 0 aliphatic carbocycles. The molecule has 0 aliphatic rings. The van der Waals surface area contributed by atoms with Crippen molar-refractivity contribution >= 4 is 33.3 Å². The molecule has 8 heteroatoms. The van der Waals surface area contributed by atoms with Crippen molar-refractivity contribution in [2.45, 2.75) is 11.5 Å². The fraction of sp³-hybridized carbons (Fsp3) is 0.0952. The molecule has 0 heterocycles. The smallest absolute Gasteiger partial charge is 0.337 e. The average Bonchev–Trinajstić information content (AvgIpc) is 2.73. The number of methoxy groups -OCH3 is 1. The van der Waals surface area contributed by atoms with Gasteiger partial charge in [-0.2, -0.15) is 0 Å². The molecule has 0 fully saturated rings. The molecule has 0 bridgehead atoms. The van der Waals surface area contributed by atoms with E-state index < -0.39 is 16.0 Å². The summed E-state index contributed by atoms with van der Waals surface area (Å²) in [4.78, 5) is 11.5. The number of rotatable bonds is 7. The molecule has 0 aliphatic heterocycles. The first kappa shape index (κ1) is 20.7. The Balaban J connectivity index is 1.73. The van der Waals surface area contributed by atoms with Gasteiger partial charge in [0.05, 0.1) is 17.7 Å². The molecule has 150 valence electrons. The molecule has 3 aromatic rings. The van der Waals surface area contributed by atoms with Crippen molar-refractivity contribution in [3.8, 4) is 5.75 Å². The molecule has 0 saturated carbocycles. The Morgan fingerprint density at radius 3 is 2.34 bits per heavy atom. The third kappa shape index (κ3) is 5.28. The second-order valence-electron chi connectivity index (χ2n) is 6.04. The second kappa shape index (κ2) is 8.98. The van der Waals surface area contributed by atoms with E-state index in [1.54, 1.807) is 24.3 Å². The van der Waals surface area contributed by atoms with Crippen LogP contribution in [0.1, 0.15) is 15.9 Å². The monoisotopic (exact) mass is 431 g/mol. The van der Waals surface area contributed by atoms with Gasteiger partial charge in [-0.05, 0) is 48.0 Å². The average molecular weight is 432 g/mol. The number of halogens is 1. The van der Waals surface area contributed by atoms with Crippen molar-refractivity contribution in [2.75, 3.05) is 11.8 Å². The van der Waals surface area contributed by atoms with Crippen LogP contribution in [0.3, 0.4) is 0 Å². The van der Waals surface area contributed by atoms with Crippen LogP contribution in [-0.2, 0) is 21.4 Å². The molecule has 3 aromatic carbocycles. The first-order valence-electron chi connectivity index (χ1n) is 8.56. The van der Waals surface area contributed by atoms with E-state index in [2.05, 4.69) is 9.46 Å². The van der Waals surface area contributed by atoms with Crippen LogP contribution >= 0.6 is 11.6 Å². The second-order valence-corrected chi connectivity index (χ2v) is 8.10. The van der Waals surface area contributed by atoms with Gasteiger partial charge >= 0.3 is 5.97 Å². The normalized spacial score (nSPS) is 11.0. The summed E-state index contributed by atoms with van der Waals surface area (Å²) in [6.07, 6.45) is 0. The summed E-state index contributed by atoms with van der Waals surface area (Å²) in [5.41, 5.74) is 1.44. The Hall–Kier alpha value is -3.03. The van der Waals surface area contributed by atoms with Crippen LogP contribution < -0.4 is 9.46 Å². The van der Waals surface area contributed by atoms with E-state index in [1.807, 2.05) is 30.3 Å². The highest BCUT2D eigenvalue weighted by molar-refractivity contribution is 7.92. The molecular formula is C21H18ClNO5S. The van der Waals surface area contributed by atoms with Gasteiger partial charge in [0.15, 0.2) is 0 Å². The molecule has 0 saturated heterocycles. The fourth-order valence-corrected chi connectivity index (χ4v) is 4.11. The van der Waals surface area contributed by atoms with Crippen LogP contribution in [0, 0.1) is 0 Å². The fourth-order valence-electron chi connectivity index (χ4n) is 2.52. The highest BCUT2D eigenvalue weighted by Crippen LogP contribution is 2.26. The van der Waals surface area contributed by atoms with Crippen molar-refractivity contribution in [1.82, 2.24) is 0 Å². The van der Waals surface area contributed by atoms with Gasteiger partial charge in [-0.3, -0.25) is 4.72 Å². The molecule has 6 nitrogen and oxygen atoms in total. The Bertz CT molecular complexity index is 1100. The zero-order chi connectivity index (χ0) is 20.9. The third-order valence-corrected chi connectivity index (χ3v) is 5.86. The molecule has 3 rings (SSSR count). The van der Waals surface area contributed by atoms with Crippen molar-refractivity contribution in [3.63, 3.8) is 0 Å². The summed E-state index contributed by atoms with van der Waals surface area (Å²) < 4.78 is 38.1. The number of benzene rings is 3. The standard InChI is InChI=1S/C21H18ClNO5S/c1-27-21(24)16-7-12-19(22)20(13-16)29(25,26)23-17-8-10-18(11-9-17)28-14-15-5-3-2-4-6-15/h2-13,23H,14H2,1H3. The van der Waals surface area contributed by atoms with Gasteiger partial charge in [-0.1, -0.05) is 41.9 Å². The number of carbonyl (C=O) groups is 1. The number of hydrogen-bond donors (Lipinski definition) is 1. The van der Waals surface area contributed by atoms with Crippen molar-refractivity contribution in [2.24, 2.45) is 0 Å². The van der Waals surface area contributed by atoms with Crippen molar-refractivity contribution in [1.29, 1.82) is 0 Å². The number of hydrogen-bond acceptors (Lipinski definition) is 5. The van der Waals surface area contributed by atoms with Gasteiger partial charge < -0.3 is 9.47 Å². The Morgan fingerprint density at radius 1 is 1.00 bits per heavy atom. The van der Waals surface area contributed by atoms with Gasteiger partial charge in [0.2, 0.25) is 0 Å². The minimum Gasteiger partial charge on any atom is -0.489 e. The van der Waals surface area contributed by atoms with E-state index in [4.69, 9.17) is 16.3 Å². The Kier molecular flexibility index (Phi) is 6.41. The summed E-state index contributed by atoms with van der Waals surface area (Å²) in [5.74, 6) is -0.0550. The summed E-state index contributed by atoms with van der Waals surface area (Å²) in [6, 6.07) is 20.1. The van der Waals surface area contributed by atoms with Gasteiger partial charge in [0.1, 0.15) is 17.3 Å². The van der Waals surface area contributed by atoms with Crippen LogP contribution in [0.5, 0.6) is 5.75 Å². The van der Waals surface area contributed by atoms with E-state index in [-0.39, 0.29) is 15.5 Å². The van der Waals surface area contributed by atoms with E-state index in [1.165, 1.54) is 25.3 Å². The molecule has 0 amide bonds. The first-order valence-corrected chi connectivity index (χ1v) is 10.4. The lowest BCUT2D eigenvalue weighted by atomic mass is 10.2. The van der Waals surface area contributed by atoms with Crippen LogP contribution in [0.15, 0.2) is 77.7 Å². The molecule has 0 atom stereocenters. The topological polar surface area (TPSA) is 81.7 Å². The lowest BCUT2D eigenvalue weighted by Crippen LogP contribution is -2.14. The predicted octanol–water partition coefficient (Wildman–Crippen LogP) is 4.51. The summed E-state index contributed by atoms with van der Waals surface area (Å²) in [7, 11) is -2.79. The maximum absolute atomic E-state index is 12.7. The minimum absolute atomic E-state index is 0.00651. The summed E-state index contributed by atoms with van der Waals surface area (Å²) in [6.45, 7) is 0.405. The van der Waals surface area contributed by atoms with Crippen LogP contribution in [-0.4, -0.2) is 21.5 Å². The molecule has 0 unspecified atom stereocenters. The lowest BCUT2D eigenvalue weighted by molar-refractivity contribution is 0.0600. The van der Waals surface area contributed by atoms with E-state index in [0.29, 0.717) is 18.0 Å². The number of esters is 1. The SMILES string of the molecule is COC(=O)c1ccc(Cl)c(S(=O)(=O)Nc2ccc(OCc3ccccc3)cc2)c1. The minimum atomic E-state index is -4.01. The number of sulfonamides is 1. The number of anilines is 1. The molecule has 29 heavy (non-hydrogen) atoms. The predicted molar refractivity (Wildman–Crippen MR) is 111 cm³/mol. The number of carbonyl (C=O) groups excluding carboxylic acids is 1. The van der Waals surface area contributed by atoms with E-state index >= 15 is 0 Å². The lowest BCUT2D eigenvalue weighted by Gasteiger charge is -2.12. The first-order chi connectivity index (χ1) is 13.9. The highest BCUT2D eigenvalue weighted by atomic mass is 35.5. The van der Waals surface area contributed by atoms with Crippen LogP contribution in [0.25, 0.3) is 0 Å².